The number of benzene rings is 1. The Labute approximate surface area is 105 Å². The third-order valence-electron chi connectivity index (χ3n) is 2.67. The van der Waals surface area contributed by atoms with Crippen molar-refractivity contribution in [3.05, 3.63) is 34.1 Å². The summed E-state index contributed by atoms with van der Waals surface area (Å²) in [5, 5.41) is 3.31. The lowest BCUT2D eigenvalue weighted by molar-refractivity contribution is 0.437. The first-order chi connectivity index (χ1) is 7.58. The Bertz CT molecular complexity index is 344. The molecule has 0 aliphatic heterocycles. The van der Waals surface area contributed by atoms with E-state index in [1.54, 1.807) is 6.07 Å². The van der Waals surface area contributed by atoms with Gasteiger partial charge in [-0.05, 0) is 25.5 Å². The van der Waals surface area contributed by atoms with E-state index in [0.29, 0.717) is 18.2 Å². The molecule has 0 heterocycles. The van der Waals surface area contributed by atoms with Crippen LogP contribution in [0.25, 0.3) is 0 Å². The molecule has 2 atom stereocenters. The molecule has 3 N–H and O–H groups in total. The highest BCUT2D eigenvalue weighted by molar-refractivity contribution is 9.10. The molecule has 0 saturated carbocycles. The second-order valence-electron chi connectivity index (χ2n) is 3.93. The molecule has 16 heavy (non-hydrogen) atoms. The minimum atomic E-state index is -0.222. The first kappa shape index (κ1) is 13.6. The van der Waals surface area contributed by atoms with Crippen molar-refractivity contribution in [2.45, 2.75) is 32.4 Å². The van der Waals surface area contributed by atoms with Crippen LogP contribution in [0.5, 0.6) is 0 Å². The zero-order valence-corrected chi connectivity index (χ0v) is 11.2. The van der Waals surface area contributed by atoms with Gasteiger partial charge in [0.1, 0.15) is 5.82 Å². The summed E-state index contributed by atoms with van der Waals surface area (Å²) in [7, 11) is 0. The van der Waals surface area contributed by atoms with Gasteiger partial charge in [-0.25, -0.2) is 4.39 Å². The molecular formula is C12H18BrFN2. The normalized spacial score (nSPS) is 14.8. The molecule has 2 nitrogen and oxygen atoms in total. The van der Waals surface area contributed by atoms with Gasteiger partial charge in [0.2, 0.25) is 0 Å². The zero-order valence-electron chi connectivity index (χ0n) is 9.63. The maximum Gasteiger partial charge on any atom is 0.129 e. The summed E-state index contributed by atoms with van der Waals surface area (Å²) in [6.07, 6.45) is 0.995. The predicted molar refractivity (Wildman–Crippen MR) is 68.8 cm³/mol. The van der Waals surface area contributed by atoms with Crippen molar-refractivity contribution in [2.24, 2.45) is 5.73 Å². The second-order valence-corrected chi connectivity index (χ2v) is 4.85. The summed E-state index contributed by atoms with van der Waals surface area (Å²) in [5.41, 5.74) is 6.30. The smallest absolute Gasteiger partial charge is 0.129 e. The Morgan fingerprint density at radius 1 is 1.50 bits per heavy atom. The molecule has 4 heteroatoms. The summed E-state index contributed by atoms with van der Waals surface area (Å²) in [5.74, 6) is -0.222. The molecule has 1 aromatic rings. The first-order valence-electron chi connectivity index (χ1n) is 5.49. The number of nitrogens with one attached hydrogen (secondary N) is 1. The Morgan fingerprint density at radius 3 is 2.69 bits per heavy atom. The van der Waals surface area contributed by atoms with Crippen molar-refractivity contribution in [1.29, 1.82) is 0 Å². The minimum Gasteiger partial charge on any atom is -0.329 e. The van der Waals surface area contributed by atoms with Crippen LogP contribution in [0.2, 0.25) is 0 Å². The van der Waals surface area contributed by atoms with Gasteiger partial charge >= 0.3 is 0 Å². The lowest BCUT2D eigenvalue weighted by Crippen LogP contribution is -2.35. The van der Waals surface area contributed by atoms with Crippen molar-refractivity contribution >= 4 is 15.9 Å². The van der Waals surface area contributed by atoms with Gasteiger partial charge in [0, 0.05) is 28.7 Å². The number of halogens is 2. The molecule has 1 aromatic carbocycles. The van der Waals surface area contributed by atoms with E-state index in [2.05, 4.69) is 35.1 Å². The fourth-order valence-electron chi connectivity index (χ4n) is 1.53. The first-order valence-corrected chi connectivity index (χ1v) is 6.28. The van der Waals surface area contributed by atoms with Gasteiger partial charge in [0.15, 0.2) is 0 Å². The van der Waals surface area contributed by atoms with E-state index in [4.69, 9.17) is 5.73 Å². The third-order valence-corrected chi connectivity index (χ3v) is 3.16. The molecule has 0 bridgehead atoms. The zero-order chi connectivity index (χ0) is 12.1. The van der Waals surface area contributed by atoms with E-state index >= 15 is 0 Å². The molecular weight excluding hydrogens is 271 g/mol. The maximum absolute atomic E-state index is 13.7. The van der Waals surface area contributed by atoms with Gasteiger partial charge in [-0.15, -0.1) is 0 Å². The molecule has 0 amide bonds. The Kier molecular flexibility index (Phi) is 5.38. The Morgan fingerprint density at radius 2 is 2.19 bits per heavy atom. The molecule has 0 fully saturated rings. The van der Waals surface area contributed by atoms with Crippen molar-refractivity contribution in [1.82, 2.24) is 5.32 Å². The van der Waals surface area contributed by atoms with Crippen LogP contribution in [0.3, 0.4) is 0 Å². The van der Waals surface area contributed by atoms with E-state index in [1.165, 1.54) is 6.07 Å². The molecule has 2 unspecified atom stereocenters. The molecule has 0 radical (unpaired) electrons. The highest BCUT2D eigenvalue weighted by Gasteiger charge is 2.15. The predicted octanol–water partition coefficient (Wildman–Crippen LogP) is 2.98. The fourth-order valence-corrected chi connectivity index (χ4v) is 1.86. The van der Waals surface area contributed by atoms with E-state index in [9.17, 15) is 4.39 Å². The molecule has 1 rings (SSSR count). The minimum absolute atomic E-state index is 0.122. The number of rotatable bonds is 5. The van der Waals surface area contributed by atoms with Crippen LogP contribution in [-0.4, -0.2) is 12.6 Å². The highest BCUT2D eigenvalue weighted by Crippen LogP contribution is 2.21. The van der Waals surface area contributed by atoms with Gasteiger partial charge in [-0.3, -0.25) is 0 Å². The largest absolute Gasteiger partial charge is 0.329 e. The standard InChI is InChI=1S/C12H18BrFN2/c1-3-8(2)16-12(7-15)10-5-4-9(13)6-11(10)14/h4-6,8,12,16H,3,7,15H2,1-2H3. The quantitative estimate of drug-likeness (QED) is 0.874. The summed E-state index contributed by atoms with van der Waals surface area (Å²) >= 11 is 3.24. The van der Waals surface area contributed by atoms with Crippen LogP contribution < -0.4 is 11.1 Å². The molecule has 0 aliphatic rings. The van der Waals surface area contributed by atoms with Crippen LogP contribution >= 0.6 is 15.9 Å². The van der Waals surface area contributed by atoms with Gasteiger partial charge in [-0.2, -0.15) is 0 Å². The number of hydrogen-bond acceptors (Lipinski definition) is 2. The Hall–Kier alpha value is -0.450. The van der Waals surface area contributed by atoms with E-state index < -0.39 is 0 Å². The average molecular weight is 289 g/mol. The van der Waals surface area contributed by atoms with Crippen molar-refractivity contribution in [3.63, 3.8) is 0 Å². The third kappa shape index (κ3) is 3.54. The topological polar surface area (TPSA) is 38.0 Å². The number of nitrogens with two attached hydrogens (primary N) is 1. The van der Waals surface area contributed by atoms with Crippen molar-refractivity contribution in [2.75, 3.05) is 6.54 Å². The molecule has 0 saturated heterocycles. The SMILES string of the molecule is CCC(C)NC(CN)c1ccc(Br)cc1F. The van der Waals surface area contributed by atoms with Crippen LogP contribution in [0, 0.1) is 5.82 Å². The molecule has 0 spiro atoms. The van der Waals surface area contributed by atoms with Crippen molar-refractivity contribution < 1.29 is 4.39 Å². The van der Waals surface area contributed by atoms with Crippen molar-refractivity contribution in [3.8, 4) is 0 Å². The van der Waals surface area contributed by atoms with Gasteiger partial charge in [-0.1, -0.05) is 28.9 Å². The average Bonchev–Trinajstić information content (AvgIpc) is 2.26. The highest BCUT2D eigenvalue weighted by atomic mass is 79.9. The van der Waals surface area contributed by atoms with E-state index in [0.717, 1.165) is 10.9 Å². The fraction of sp³-hybridized carbons (Fsp3) is 0.500. The summed E-state index contributed by atoms with van der Waals surface area (Å²) in [6.45, 7) is 4.55. The molecule has 0 aliphatic carbocycles. The lowest BCUT2D eigenvalue weighted by Gasteiger charge is -2.22. The summed E-state index contributed by atoms with van der Waals surface area (Å²) in [6, 6.07) is 5.28. The van der Waals surface area contributed by atoms with Gasteiger partial charge in [0.25, 0.3) is 0 Å². The van der Waals surface area contributed by atoms with Gasteiger partial charge < -0.3 is 11.1 Å². The van der Waals surface area contributed by atoms with Crippen LogP contribution in [0.1, 0.15) is 31.9 Å². The summed E-state index contributed by atoms with van der Waals surface area (Å²) in [4.78, 5) is 0. The lowest BCUT2D eigenvalue weighted by atomic mass is 10.0. The van der Waals surface area contributed by atoms with Gasteiger partial charge in [0.05, 0.1) is 0 Å². The monoisotopic (exact) mass is 288 g/mol. The maximum atomic E-state index is 13.7. The van der Waals surface area contributed by atoms with Crippen LogP contribution in [0.4, 0.5) is 4.39 Å². The molecule has 0 aromatic heterocycles. The van der Waals surface area contributed by atoms with E-state index in [-0.39, 0.29) is 11.9 Å². The van der Waals surface area contributed by atoms with Crippen LogP contribution in [0.15, 0.2) is 22.7 Å². The summed E-state index contributed by atoms with van der Waals surface area (Å²) < 4.78 is 14.5. The number of hydrogen-bond donors (Lipinski definition) is 2. The molecule has 90 valence electrons. The second kappa shape index (κ2) is 6.33. The van der Waals surface area contributed by atoms with Crippen LogP contribution in [-0.2, 0) is 0 Å². The van der Waals surface area contributed by atoms with E-state index in [1.807, 2.05) is 6.07 Å². The Balaban J connectivity index is 2.86.